The van der Waals surface area contributed by atoms with E-state index in [1.807, 2.05) is 6.92 Å². The van der Waals surface area contributed by atoms with E-state index in [0.29, 0.717) is 37.1 Å². The molecule has 0 aliphatic carbocycles. The van der Waals surface area contributed by atoms with E-state index in [2.05, 4.69) is 37.9 Å². The van der Waals surface area contributed by atoms with Crippen LogP contribution in [-0.2, 0) is 14.2 Å². The maximum absolute atomic E-state index is 9.54. The van der Waals surface area contributed by atoms with Gasteiger partial charge in [0.05, 0.1) is 58.0 Å². The van der Waals surface area contributed by atoms with Gasteiger partial charge >= 0.3 is 0 Å². The second-order valence-electron chi connectivity index (χ2n) is 5.91. The molecule has 0 radical (unpaired) electrons. The Balaban J connectivity index is 4.54. The van der Waals surface area contributed by atoms with Crippen molar-refractivity contribution >= 4 is 37.9 Å². The first-order valence-corrected chi connectivity index (χ1v) is 9.92. The van der Waals surface area contributed by atoms with Crippen LogP contribution in [0.25, 0.3) is 0 Å². The molecule has 0 aromatic carbocycles. The van der Waals surface area contributed by atoms with Crippen molar-refractivity contribution in [1.29, 1.82) is 0 Å². The van der Waals surface area contributed by atoms with Crippen molar-refractivity contribution in [2.45, 2.75) is 31.7 Å². The van der Waals surface area contributed by atoms with Crippen LogP contribution in [0.1, 0.15) is 13.3 Å². The Labute approximate surface area is 161 Å². The van der Waals surface area contributed by atoms with Crippen LogP contribution in [0.15, 0.2) is 0 Å². The summed E-state index contributed by atoms with van der Waals surface area (Å²) in [6, 6.07) is 0. The lowest BCUT2D eigenvalue weighted by Crippen LogP contribution is -2.39. The maximum Gasteiger partial charge on any atom is 0.0861 e. The van der Waals surface area contributed by atoms with E-state index < -0.39 is 23.7 Å². The molecule has 0 fully saturated rings. The van der Waals surface area contributed by atoms with Gasteiger partial charge in [0.15, 0.2) is 0 Å². The molecule has 3 unspecified atom stereocenters. The monoisotopic (exact) mass is 404 g/mol. The van der Waals surface area contributed by atoms with Gasteiger partial charge in [-0.05, 0) is 6.42 Å². The Morgan fingerprint density at radius 3 is 1.21 bits per heavy atom. The smallest absolute Gasteiger partial charge is 0.0861 e. The topological polar surface area (TPSA) is 88.4 Å². The molecule has 0 heterocycles. The molecule has 0 aliphatic heterocycles. The summed E-state index contributed by atoms with van der Waals surface area (Å²) in [5.74, 6) is 0.983. The van der Waals surface area contributed by atoms with Crippen molar-refractivity contribution in [2.75, 3.05) is 56.9 Å². The van der Waals surface area contributed by atoms with Crippen molar-refractivity contribution in [3.05, 3.63) is 0 Å². The van der Waals surface area contributed by atoms with Crippen molar-refractivity contribution in [3.63, 3.8) is 0 Å². The molecule has 0 spiro atoms. The third-order valence-corrected chi connectivity index (χ3v) is 4.80. The summed E-state index contributed by atoms with van der Waals surface area (Å²) < 4.78 is 16.8. The van der Waals surface area contributed by atoms with E-state index >= 15 is 0 Å². The van der Waals surface area contributed by atoms with E-state index in [9.17, 15) is 15.3 Å². The normalized spacial score (nSPS) is 18.1. The van der Waals surface area contributed by atoms with Gasteiger partial charge in [-0.2, -0.15) is 37.9 Å². The van der Waals surface area contributed by atoms with Gasteiger partial charge in [0, 0.05) is 22.7 Å². The maximum atomic E-state index is 9.54. The third-order valence-electron chi connectivity index (χ3n) is 3.54. The van der Waals surface area contributed by atoms with Gasteiger partial charge in [0.2, 0.25) is 0 Å². The fourth-order valence-corrected chi connectivity index (χ4v) is 2.14. The summed E-state index contributed by atoms with van der Waals surface area (Å²) in [6.07, 6.45) is -1.15. The van der Waals surface area contributed by atoms with Crippen molar-refractivity contribution in [1.82, 2.24) is 0 Å². The molecule has 0 saturated carbocycles. The van der Waals surface area contributed by atoms with Crippen LogP contribution >= 0.6 is 37.9 Å². The minimum absolute atomic E-state index is 0.184. The number of rotatable bonds is 16. The molecule has 0 aliphatic rings. The largest absolute Gasteiger partial charge is 0.390 e. The highest BCUT2D eigenvalue weighted by atomic mass is 32.1. The highest BCUT2D eigenvalue weighted by Crippen LogP contribution is 2.24. The first-order chi connectivity index (χ1) is 11.4. The molecule has 6 nitrogen and oxygen atoms in total. The lowest BCUT2D eigenvalue weighted by Gasteiger charge is -2.33. The van der Waals surface area contributed by atoms with Crippen LogP contribution in [0, 0.1) is 5.41 Å². The van der Waals surface area contributed by atoms with E-state index in [-0.39, 0.29) is 19.8 Å². The summed E-state index contributed by atoms with van der Waals surface area (Å²) >= 11 is 12.0. The molecular weight excluding hydrogens is 372 g/mol. The lowest BCUT2D eigenvalue weighted by atomic mass is 9.88. The van der Waals surface area contributed by atoms with E-state index in [0.717, 1.165) is 6.42 Å². The van der Waals surface area contributed by atoms with Crippen LogP contribution < -0.4 is 0 Å². The predicted molar refractivity (Wildman–Crippen MR) is 105 cm³/mol. The number of aliphatic hydroxyl groups is 3. The molecular formula is C15H32O6S3. The fourth-order valence-electron chi connectivity index (χ4n) is 1.82. The molecule has 0 aromatic rings. The Morgan fingerprint density at radius 1 is 0.708 bits per heavy atom. The molecule has 0 bridgehead atoms. The minimum Gasteiger partial charge on any atom is -0.390 e. The first-order valence-electron chi connectivity index (χ1n) is 8.03. The fraction of sp³-hybridized carbons (Fsp3) is 1.00. The molecule has 0 rings (SSSR count). The van der Waals surface area contributed by atoms with Crippen LogP contribution in [0.2, 0.25) is 0 Å². The quantitative estimate of drug-likeness (QED) is 0.208. The van der Waals surface area contributed by atoms with Gasteiger partial charge in [-0.15, -0.1) is 0 Å². The van der Waals surface area contributed by atoms with Gasteiger partial charge in [-0.25, -0.2) is 0 Å². The average Bonchev–Trinajstić information content (AvgIpc) is 2.60. The molecule has 0 amide bonds. The van der Waals surface area contributed by atoms with Crippen LogP contribution in [0.4, 0.5) is 0 Å². The number of hydrogen-bond acceptors (Lipinski definition) is 9. The zero-order chi connectivity index (χ0) is 18.4. The van der Waals surface area contributed by atoms with E-state index in [1.165, 1.54) is 0 Å². The standard InChI is InChI=1S/C15H32O6S3/c1-2-15(9-19-3-12(16)6-22,10-20-4-13(17)7-23)11-21-5-14(18)8-24/h12-14,16-18,22-24H,2-11H2,1H3. The zero-order valence-corrected chi connectivity index (χ0v) is 16.9. The second kappa shape index (κ2) is 14.9. The molecule has 3 atom stereocenters. The SMILES string of the molecule is CCC(COCC(O)CS)(COCC(O)CS)COCC(O)CS. The Hall–Kier alpha value is 0.810. The Morgan fingerprint density at radius 2 is 1.00 bits per heavy atom. The third kappa shape index (κ3) is 11.4. The summed E-state index contributed by atoms with van der Waals surface area (Å²) in [5.41, 5.74) is -0.428. The van der Waals surface area contributed by atoms with E-state index in [4.69, 9.17) is 14.2 Å². The van der Waals surface area contributed by atoms with E-state index in [1.54, 1.807) is 0 Å². The van der Waals surface area contributed by atoms with Crippen LogP contribution in [0.3, 0.4) is 0 Å². The van der Waals surface area contributed by atoms with Crippen molar-refractivity contribution in [3.8, 4) is 0 Å². The van der Waals surface area contributed by atoms with Gasteiger partial charge in [-0.1, -0.05) is 6.92 Å². The summed E-state index contributed by atoms with van der Waals surface area (Å²) in [4.78, 5) is 0. The van der Waals surface area contributed by atoms with Crippen LogP contribution in [-0.4, -0.2) is 90.5 Å². The number of aliphatic hydroxyl groups excluding tert-OH is 3. The second-order valence-corrected chi connectivity index (χ2v) is 7.00. The van der Waals surface area contributed by atoms with Gasteiger partial charge in [0.1, 0.15) is 0 Å². The first kappa shape index (κ1) is 24.8. The summed E-state index contributed by atoms with van der Waals surface area (Å²) in [7, 11) is 0. The van der Waals surface area contributed by atoms with Crippen molar-refractivity contribution < 1.29 is 29.5 Å². The predicted octanol–water partition coefficient (Wildman–Crippen LogP) is 0.305. The summed E-state index contributed by atoms with van der Waals surface area (Å²) in [6.45, 7) is 3.55. The number of thiol groups is 3. The lowest BCUT2D eigenvalue weighted by molar-refractivity contribution is -0.0960. The summed E-state index contributed by atoms with van der Waals surface area (Å²) in [5, 5.41) is 28.6. The molecule has 9 heteroatoms. The zero-order valence-electron chi connectivity index (χ0n) is 14.2. The van der Waals surface area contributed by atoms with Gasteiger partial charge < -0.3 is 29.5 Å². The Bertz CT molecular complexity index is 258. The highest BCUT2D eigenvalue weighted by Gasteiger charge is 2.30. The highest BCUT2D eigenvalue weighted by molar-refractivity contribution is 7.80. The molecule has 0 aromatic heterocycles. The molecule has 3 N–H and O–H groups in total. The average molecular weight is 405 g/mol. The van der Waals surface area contributed by atoms with Crippen LogP contribution in [0.5, 0.6) is 0 Å². The molecule has 146 valence electrons. The molecule has 24 heavy (non-hydrogen) atoms. The van der Waals surface area contributed by atoms with Gasteiger partial charge in [0.25, 0.3) is 0 Å². The minimum atomic E-state index is -0.623. The van der Waals surface area contributed by atoms with Crippen molar-refractivity contribution in [2.24, 2.45) is 5.41 Å². The van der Waals surface area contributed by atoms with Gasteiger partial charge in [-0.3, -0.25) is 0 Å². The molecule has 0 saturated heterocycles. The Kier molecular flexibility index (Phi) is 15.4. The number of ether oxygens (including phenoxy) is 3. The number of hydrogen-bond donors (Lipinski definition) is 6.